The molecule has 0 fully saturated rings. The standard InChI is InChI=1S/C16H14F3N3O2S/c17-16(18,19)14-5-1-6-15(10-14)25(23,24)22(9-3-7-20)12-13-4-2-8-21-11-13/h1-2,4-6,8,10-11H,3,9,12H2. The highest BCUT2D eigenvalue weighted by atomic mass is 32.2. The molecule has 0 saturated heterocycles. The van der Waals surface area contributed by atoms with Gasteiger partial charge in [-0.25, -0.2) is 8.42 Å². The SMILES string of the molecule is N#CCCN(Cc1cccnc1)S(=O)(=O)c1cccc(C(F)(F)F)c1. The third-order valence-corrected chi connectivity index (χ3v) is 5.20. The Kier molecular flexibility index (Phi) is 5.77. The zero-order valence-electron chi connectivity index (χ0n) is 12.9. The Balaban J connectivity index is 2.39. The van der Waals surface area contributed by atoms with Crippen molar-refractivity contribution in [2.75, 3.05) is 6.54 Å². The zero-order valence-corrected chi connectivity index (χ0v) is 13.8. The van der Waals surface area contributed by atoms with Crippen LogP contribution in [0.1, 0.15) is 17.5 Å². The Bertz CT molecular complexity index is 862. The first-order valence-corrected chi connectivity index (χ1v) is 8.62. The van der Waals surface area contributed by atoms with E-state index in [1.807, 2.05) is 6.07 Å². The van der Waals surface area contributed by atoms with Gasteiger partial charge in [0.2, 0.25) is 10.0 Å². The molecular weight excluding hydrogens is 355 g/mol. The highest BCUT2D eigenvalue weighted by Crippen LogP contribution is 2.31. The van der Waals surface area contributed by atoms with Crippen LogP contribution in [0.5, 0.6) is 0 Å². The van der Waals surface area contributed by atoms with E-state index in [1.165, 1.54) is 12.4 Å². The number of sulfonamides is 1. The van der Waals surface area contributed by atoms with Crippen LogP contribution in [-0.2, 0) is 22.7 Å². The van der Waals surface area contributed by atoms with E-state index in [0.29, 0.717) is 11.6 Å². The van der Waals surface area contributed by atoms with Crippen LogP contribution in [0, 0.1) is 11.3 Å². The van der Waals surface area contributed by atoms with Crippen molar-refractivity contribution >= 4 is 10.0 Å². The number of alkyl halides is 3. The molecular formula is C16H14F3N3O2S. The van der Waals surface area contributed by atoms with Crippen molar-refractivity contribution in [2.24, 2.45) is 0 Å². The van der Waals surface area contributed by atoms with Crippen molar-refractivity contribution in [1.29, 1.82) is 5.26 Å². The van der Waals surface area contributed by atoms with Crippen LogP contribution in [0.25, 0.3) is 0 Å². The molecule has 0 spiro atoms. The molecule has 0 radical (unpaired) electrons. The molecule has 0 aliphatic heterocycles. The zero-order chi connectivity index (χ0) is 18.5. The van der Waals surface area contributed by atoms with E-state index in [0.717, 1.165) is 22.5 Å². The first-order chi connectivity index (χ1) is 11.7. The maximum Gasteiger partial charge on any atom is 0.416 e. The van der Waals surface area contributed by atoms with Crippen LogP contribution in [0.4, 0.5) is 13.2 Å². The van der Waals surface area contributed by atoms with Gasteiger partial charge >= 0.3 is 6.18 Å². The quantitative estimate of drug-likeness (QED) is 0.784. The second-order valence-corrected chi connectivity index (χ2v) is 7.07. The minimum absolute atomic E-state index is 0.0849. The number of nitriles is 1. The van der Waals surface area contributed by atoms with Crippen molar-refractivity contribution < 1.29 is 21.6 Å². The molecule has 0 atom stereocenters. The number of hydrogen-bond acceptors (Lipinski definition) is 4. The van der Waals surface area contributed by atoms with Gasteiger partial charge in [0.15, 0.2) is 0 Å². The third kappa shape index (κ3) is 4.78. The molecule has 0 unspecified atom stereocenters. The Morgan fingerprint density at radius 1 is 1.20 bits per heavy atom. The summed E-state index contributed by atoms with van der Waals surface area (Å²) in [6.45, 7) is -0.224. The third-order valence-electron chi connectivity index (χ3n) is 3.35. The molecule has 132 valence electrons. The van der Waals surface area contributed by atoms with Crippen molar-refractivity contribution in [3.05, 3.63) is 59.9 Å². The summed E-state index contributed by atoms with van der Waals surface area (Å²) >= 11 is 0. The van der Waals surface area contributed by atoms with Gasteiger partial charge in [-0.3, -0.25) is 4.98 Å². The van der Waals surface area contributed by atoms with Crippen LogP contribution < -0.4 is 0 Å². The van der Waals surface area contributed by atoms with E-state index in [9.17, 15) is 21.6 Å². The molecule has 2 aromatic rings. The Morgan fingerprint density at radius 2 is 1.96 bits per heavy atom. The summed E-state index contributed by atoms with van der Waals surface area (Å²) in [5.41, 5.74) is -0.480. The second kappa shape index (κ2) is 7.63. The van der Waals surface area contributed by atoms with Gasteiger partial charge in [0.05, 0.1) is 16.5 Å². The lowest BCUT2D eigenvalue weighted by molar-refractivity contribution is -0.137. The van der Waals surface area contributed by atoms with Gasteiger partial charge in [-0.15, -0.1) is 0 Å². The topological polar surface area (TPSA) is 74.1 Å². The van der Waals surface area contributed by atoms with Gasteiger partial charge in [-0.1, -0.05) is 12.1 Å². The Labute approximate surface area is 143 Å². The second-order valence-electron chi connectivity index (χ2n) is 5.13. The first kappa shape index (κ1) is 18.9. The number of nitrogens with zero attached hydrogens (tertiary/aromatic N) is 3. The summed E-state index contributed by atoms with van der Waals surface area (Å²) in [5, 5.41) is 8.74. The van der Waals surface area contributed by atoms with Crippen molar-refractivity contribution in [3.8, 4) is 6.07 Å². The average molecular weight is 369 g/mol. The van der Waals surface area contributed by atoms with Crippen molar-refractivity contribution in [2.45, 2.75) is 24.0 Å². The maximum atomic E-state index is 12.8. The van der Waals surface area contributed by atoms with Crippen LogP contribution >= 0.6 is 0 Å². The van der Waals surface area contributed by atoms with E-state index < -0.39 is 26.7 Å². The van der Waals surface area contributed by atoms with E-state index in [4.69, 9.17) is 5.26 Å². The fourth-order valence-electron chi connectivity index (χ4n) is 2.14. The minimum atomic E-state index is -4.65. The summed E-state index contributed by atoms with van der Waals surface area (Å²) in [7, 11) is -4.20. The van der Waals surface area contributed by atoms with Crippen molar-refractivity contribution in [1.82, 2.24) is 9.29 Å². The fourth-order valence-corrected chi connectivity index (χ4v) is 3.61. The van der Waals surface area contributed by atoms with E-state index >= 15 is 0 Å². The lowest BCUT2D eigenvalue weighted by atomic mass is 10.2. The van der Waals surface area contributed by atoms with Gasteiger partial charge in [-0.05, 0) is 29.8 Å². The van der Waals surface area contributed by atoms with E-state index in [-0.39, 0.29) is 19.5 Å². The molecule has 25 heavy (non-hydrogen) atoms. The molecule has 9 heteroatoms. The monoisotopic (exact) mass is 369 g/mol. The van der Waals surface area contributed by atoms with Crippen LogP contribution in [0.3, 0.4) is 0 Å². The molecule has 0 saturated carbocycles. The highest BCUT2D eigenvalue weighted by Gasteiger charge is 2.33. The van der Waals surface area contributed by atoms with Crippen LogP contribution in [0.15, 0.2) is 53.7 Å². The molecule has 0 amide bonds. The summed E-state index contributed by atoms with van der Waals surface area (Å²) in [5.74, 6) is 0. The predicted molar refractivity (Wildman–Crippen MR) is 83.5 cm³/mol. The summed E-state index contributed by atoms with van der Waals surface area (Å²) in [6.07, 6.45) is -1.75. The molecule has 0 aliphatic carbocycles. The number of pyridine rings is 1. The molecule has 1 aromatic heterocycles. The molecule has 2 rings (SSSR count). The van der Waals surface area contributed by atoms with E-state index in [2.05, 4.69) is 4.98 Å². The van der Waals surface area contributed by atoms with Gasteiger partial charge < -0.3 is 0 Å². The van der Waals surface area contributed by atoms with Gasteiger partial charge in [0.1, 0.15) is 0 Å². The van der Waals surface area contributed by atoms with Crippen molar-refractivity contribution in [3.63, 3.8) is 0 Å². The average Bonchev–Trinajstić information content (AvgIpc) is 2.58. The molecule has 0 bridgehead atoms. The van der Waals surface area contributed by atoms with Gasteiger partial charge in [0.25, 0.3) is 0 Å². The first-order valence-electron chi connectivity index (χ1n) is 7.18. The number of halogens is 3. The van der Waals surface area contributed by atoms with Crippen LogP contribution in [-0.4, -0.2) is 24.3 Å². The van der Waals surface area contributed by atoms with Gasteiger partial charge in [-0.2, -0.15) is 22.7 Å². The minimum Gasteiger partial charge on any atom is -0.264 e. The molecule has 0 aliphatic rings. The van der Waals surface area contributed by atoms with Gasteiger partial charge in [0, 0.05) is 31.9 Å². The Hall–Kier alpha value is -2.44. The fraction of sp³-hybridized carbons (Fsp3) is 0.250. The summed E-state index contributed by atoms with van der Waals surface area (Å²) in [4.78, 5) is 3.42. The summed E-state index contributed by atoms with van der Waals surface area (Å²) < 4.78 is 65.0. The maximum absolute atomic E-state index is 12.8. The number of aromatic nitrogens is 1. The Morgan fingerprint density at radius 3 is 2.56 bits per heavy atom. The van der Waals surface area contributed by atoms with E-state index in [1.54, 1.807) is 12.1 Å². The lowest BCUT2D eigenvalue weighted by Crippen LogP contribution is -2.31. The predicted octanol–water partition coefficient (Wildman–Crippen LogP) is 3.20. The normalized spacial score (nSPS) is 12.1. The lowest BCUT2D eigenvalue weighted by Gasteiger charge is -2.21. The largest absolute Gasteiger partial charge is 0.416 e. The molecule has 0 N–H and O–H groups in total. The molecule has 1 aromatic carbocycles. The molecule has 1 heterocycles. The number of rotatable bonds is 6. The highest BCUT2D eigenvalue weighted by molar-refractivity contribution is 7.89. The van der Waals surface area contributed by atoms with Crippen LogP contribution in [0.2, 0.25) is 0 Å². The summed E-state index contributed by atoms with van der Waals surface area (Å²) in [6, 6.07) is 8.66. The number of benzene rings is 1. The number of hydrogen-bond donors (Lipinski definition) is 0. The molecule has 5 nitrogen and oxygen atoms in total. The smallest absolute Gasteiger partial charge is 0.264 e.